The molecule has 0 aromatic heterocycles. The minimum Gasteiger partial charge on any atom is -0.508 e. The zero-order chi connectivity index (χ0) is 32.9. The van der Waals surface area contributed by atoms with E-state index in [1.807, 2.05) is 13.0 Å². The Bertz CT molecular complexity index is 1210. The van der Waals surface area contributed by atoms with Gasteiger partial charge in [-0.05, 0) is 76.6 Å². The highest BCUT2D eigenvalue weighted by Crippen LogP contribution is 2.28. The van der Waals surface area contributed by atoms with Crippen molar-refractivity contribution in [3.63, 3.8) is 0 Å². The molecule has 0 fully saturated rings. The predicted octanol–water partition coefficient (Wildman–Crippen LogP) is 5.29. The van der Waals surface area contributed by atoms with Crippen molar-refractivity contribution in [3.05, 3.63) is 65.7 Å². The molecule has 2 rings (SSSR count). The molecular weight excluding hydrogens is 562 g/mol. The molecule has 10 nitrogen and oxygen atoms in total. The van der Waals surface area contributed by atoms with Gasteiger partial charge in [-0.3, -0.25) is 14.4 Å². The number of benzene rings is 2. The highest BCUT2D eigenvalue weighted by atomic mass is 16.6. The van der Waals surface area contributed by atoms with E-state index in [4.69, 9.17) is 9.47 Å². The zero-order valence-corrected chi connectivity index (χ0v) is 27.1. The molecule has 0 aliphatic carbocycles. The third-order valence-electron chi connectivity index (χ3n) is 6.83. The van der Waals surface area contributed by atoms with Crippen molar-refractivity contribution < 1.29 is 33.8 Å². The number of ether oxygens (including phenoxy) is 2. The molecule has 0 saturated heterocycles. The van der Waals surface area contributed by atoms with Gasteiger partial charge in [0.05, 0.1) is 13.0 Å². The molecule has 242 valence electrons. The smallest absolute Gasteiger partial charge is 0.408 e. The summed E-state index contributed by atoms with van der Waals surface area (Å²) in [5.74, 6) is -0.918. The van der Waals surface area contributed by atoms with Gasteiger partial charge < -0.3 is 30.1 Å². The average Bonchev–Trinajstić information content (AvgIpc) is 2.94. The molecule has 0 saturated carbocycles. The molecule has 2 aromatic carbocycles. The first-order chi connectivity index (χ1) is 20.7. The second-order valence-electron chi connectivity index (χ2n) is 12.3. The van der Waals surface area contributed by atoms with E-state index in [0.29, 0.717) is 23.5 Å². The summed E-state index contributed by atoms with van der Waals surface area (Å²) in [6.07, 6.45) is 0.735. The predicted molar refractivity (Wildman–Crippen MR) is 169 cm³/mol. The Morgan fingerprint density at radius 2 is 1.57 bits per heavy atom. The number of rotatable bonds is 15. The first kappa shape index (κ1) is 36.1. The highest BCUT2D eigenvalue weighted by Gasteiger charge is 2.39. The number of aromatic hydroxyl groups is 1. The summed E-state index contributed by atoms with van der Waals surface area (Å²) in [4.78, 5) is 55.0. The summed E-state index contributed by atoms with van der Waals surface area (Å²) in [5.41, 5.74) is 0.486. The number of carbonyl (C=O) groups excluding carboxylic acids is 4. The van der Waals surface area contributed by atoms with Crippen LogP contribution < -0.4 is 10.6 Å². The first-order valence-electron chi connectivity index (χ1n) is 15.3. The largest absolute Gasteiger partial charge is 0.508 e. The summed E-state index contributed by atoms with van der Waals surface area (Å²) in [5, 5.41) is 15.4. The van der Waals surface area contributed by atoms with E-state index in [2.05, 4.69) is 24.5 Å². The number of esters is 1. The standard InChI is InChI=1S/C34H49N3O7/c1-8-43-29(39)20-21-35-31(40)30(26-12-10-9-11-13-26)37(24(4)15-14-23(2)3)32(41)28(36-33(42)44-34(5,6)7)22-25-16-18-27(38)19-17-25/h9-13,16-19,23-24,28,30,38H,8,14-15,20-22H2,1-7H3,(H,35,40)(H,36,42). The Balaban J connectivity index is 2.56. The molecule has 3 N–H and O–H groups in total. The van der Waals surface area contributed by atoms with E-state index in [1.165, 1.54) is 12.1 Å². The minimum atomic E-state index is -1.09. The third kappa shape index (κ3) is 12.3. The number of phenolic OH excluding ortho intramolecular Hbond substituents is 1. The van der Waals surface area contributed by atoms with Crippen LogP contribution in [0, 0.1) is 5.92 Å². The molecule has 10 heteroatoms. The number of amides is 3. The normalized spacial score (nSPS) is 13.4. The van der Waals surface area contributed by atoms with Gasteiger partial charge in [-0.25, -0.2) is 4.79 Å². The van der Waals surface area contributed by atoms with Gasteiger partial charge in [-0.2, -0.15) is 0 Å². The van der Waals surface area contributed by atoms with Gasteiger partial charge in [0.15, 0.2) is 0 Å². The Morgan fingerprint density at radius 3 is 2.14 bits per heavy atom. The molecule has 3 unspecified atom stereocenters. The molecule has 0 aliphatic rings. The Kier molecular flexibility index (Phi) is 14.2. The van der Waals surface area contributed by atoms with Gasteiger partial charge in [0.2, 0.25) is 11.8 Å². The van der Waals surface area contributed by atoms with Crippen molar-refractivity contribution in [1.82, 2.24) is 15.5 Å². The van der Waals surface area contributed by atoms with E-state index in [1.54, 1.807) is 69.0 Å². The molecule has 0 bridgehead atoms. The quantitative estimate of drug-likeness (QED) is 0.233. The van der Waals surface area contributed by atoms with Crippen LogP contribution in [-0.2, 0) is 30.3 Å². The lowest BCUT2D eigenvalue weighted by Crippen LogP contribution is -2.56. The number of phenols is 1. The molecule has 2 aromatic rings. The van der Waals surface area contributed by atoms with Gasteiger partial charge in [-0.1, -0.05) is 56.3 Å². The molecule has 0 heterocycles. The van der Waals surface area contributed by atoms with Crippen LogP contribution in [0.2, 0.25) is 0 Å². The van der Waals surface area contributed by atoms with Gasteiger partial charge >= 0.3 is 12.1 Å². The molecule has 0 radical (unpaired) electrons. The number of nitrogens with one attached hydrogen (secondary N) is 2. The van der Waals surface area contributed by atoms with Crippen LogP contribution in [0.3, 0.4) is 0 Å². The van der Waals surface area contributed by atoms with Gasteiger partial charge in [-0.15, -0.1) is 0 Å². The van der Waals surface area contributed by atoms with Crippen molar-refractivity contribution in [2.24, 2.45) is 5.92 Å². The van der Waals surface area contributed by atoms with Crippen molar-refractivity contribution in [1.29, 1.82) is 0 Å². The summed E-state index contributed by atoms with van der Waals surface area (Å²) in [7, 11) is 0. The molecule has 0 aliphatic heterocycles. The Hall–Kier alpha value is -4.08. The molecular formula is C34H49N3O7. The molecule has 0 spiro atoms. The van der Waals surface area contributed by atoms with Crippen LogP contribution in [-0.4, -0.2) is 64.7 Å². The van der Waals surface area contributed by atoms with Crippen LogP contribution >= 0.6 is 0 Å². The maximum atomic E-state index is 14.6. The lowest BCUT2D eigenvalue weighted by Gasteiger charge is -2.39. The number of nitrogens with zero attached hydrogens (tertiary/aromatic N) is 1. The van der Waals surface area contributed by atoms with Gasteiger partial charge in [0.25, 0.3) is 0 Å². The zero-order valence-electron chi connectivity index (χ0n) is 27.1. The SMILES string of the molecule is CCOC(=O)CCNC(=O)C(c1ccccc1)N(C(=O)C(Cc1ccc(O)cc1)NC(=O)OC(C)(C)C)C(C)CCC(C)C. The summed E-state index contributed by atoms with van der Waals surface area (Å²) >= 11 is 0. The number of alkyl carbamates (subject to hydrolysis) is 1. The minimum absolute atomic E-state index is 0.0123. The summed E-state index contributed by atoms with van der Waals surface area (Å²) in [6, 6.07) is 12.8. The molecule has 3 amide bonds. The van der Waals surface area contributed by atoms with E-state index < -0.39 is 47.6 Å². The fourth-order valence-corrected chi connectivity index (χ4v) is 4.70. The van der Waals surface area contributed by atoms with Crippen molar-refractivity contribution in [3.8, 4) is 5.75 Å². The van der Waals surface area contributed by atoms with Crippen LogP contribution in [0.25, 0.3) is 0 Å². The number of hydrogen-bond donors (Lipinski definition) is 3. The van der Waals surface area contributed by atoms with Crippen molar-refractivity contribution >= 4 is 23.9 Å². The lowest BCUT2D eigenvalue weighted by atomic mass is 9.96. The highest BCUT2D eigenvalue weighted by molar-refractivity contribution is 5.92. The van der Waals surface area contributed by atoms with Crippen molar-refractivity contribution in [2.45, 2.75) is 97.9 Å². The maximum absolute atomic E-state index is 14.6. The molecule has 3 atom stereocenters. The fraction of sp³-hybridized carbons (Fsp3) is 0.529. The van der Waals surface area contributed by atoms with Crippen LogP contribution in [0.4, 0.5) is 4.79 Å². The number of hydrogen-bond acceptors (Lipinski definition) is 7. The van der Waals surface area contributed by atoms with Gasteiger partial charge in [0.1, 0.15) is 23.4 Å². The monoisotopic (exact) mass is 611 g/mol. The van der Waals surface area contributed by atoms with E-state index in [-0.39, 0.29) is 31.7 Å². The topological polar surface area (TPSA) is 134 Å². The van der Waals surface area contributed by atoms with E-state index in [9.17, 15) is 24.3 Å². The molecule has 44 heavy (non-hydrogen) atoms. The lowest BCUT2D eigenvalue weighted by molar-refractivity contribution is -0.146. The average molecular weight is 612 g/mol. The Labute approximate surface area is 261 Å². The van der Waals surface area contributed by atoms with Crippen molar-refractivity contribution in [2.75, 3.05) is 13.2 Å². The Morgan fingerprint density at radius 1 is 0.932 bits per heavy atom. The third-order valence-corrected chi connectivity index (χ3v) is 6.83. The summed E-state index contributed by atoms with van der Waals surface area (Å²) in [6.45, 7) is 13.3. The first-order valence-corrected chi connectivity index (χ1v) is 15.3. The van der Waals surface area contributed by atoms with Gasteiger partial charge in [0, 0.05) is 19.0 Å². The second-order valence-corrected chi connectivity index (χ2v) is 12.3. The van der Waals surface area contributed by atoms with E-state index >= 15 is 0 Å². The van der Waals surface area contributed by atoms with Crippen LogP contribution in [0.5, 0.6) is 5.75 Å². The van der Waals surface area contributed by atoms with Crippen LogP contribution in [0.15, 0.2) is 54.6 Å². The second kappa shape index (κ2) is 17.3. The van der Waals surface area contributed by atoms with Crippen LogP contribution in [0.1, 0.15) is 84.9 Å². The number of carbonyl (C=O) groups is 4. The summed E-state index contributed by atoms with van der Waals surface area (Å²) < 4.78 is 10.5. The fourth-order valence-electron chi connectivity index (χ4n) is 4.70. The van der Waals surface area contributed by atoms with E-state index in [0.717, 1.165) is 6.42 Å². The maximum Gasteiger partial charge on any atom is 0.408 e.